The van der Waals surface area contributed by atoms with Gasteiger partial charge in [-0.3, -0.25) is 0 Å². The molecule has 1 saturated heterocycles. The van der Waals surface area contributed by atoms with Gasteiger partial charge in [-0.2, -0.15) is 12.6 Å². The van der Waals surface area contributed by atoms with E-state index in [1.807, 2.05) is 0 Å². The Kier molecular flexibility index (Phi) is 2.20. The molecule has 0 spiro atoms. The number of piperidine rings is 1. The van der Waals surface area contributed by atoms with Crippen molar-refractivity contribution in [1.29, 1.82) is 0 Å². The predicted octanol–water partition coefficient (Wildman–Crippen LogP) is 1.06. The Labute approximate surface area is 56.3 Å². The van der Waals surface area contributed by atoms with Gasteiger partial charge < -0.3 is 5.32 Å². The fraction of sp³-hybridized carbons (Fsp3) is 1.00. The lowest BCUT2D eigenvalue weighted by Gasteiger charge is -2.23. The topological polar surface area (TPSA) is 12.0 Å². The Hall–Kier alpha value is 0.310. The fourth-order valence-electron chi connectivity index (χ4n) is 0.984. The molecule has 0 unspecified atom stereocenters. The first-order chi connectivity index (χ1) is 3.79. The van der Waals surface area contributed by atoms with E-state index in [4.69, 9.17) is 0 Å². The molecule has 0 aliphatic carbocycles. The van der Waals surface area contributed by atoms with Crippen molar-refractivity contribution in [3.8, 4) is 0 Å². The molecule has 0 bridgehead atoms. The first kappa shape index (κ1) is 6.43. The molecule has 0 amide bonds. The predicted molar refractivity (Wildman–Crippen MR) is 39.5 cm³/mol. The largest absolute Gasteiger partial charge is 0.313 e. The second-order valence-corrected chi connectivity index (χ2v) is 3.27. The van der Waals surface area contributed by atoms with Crippen LogP contribution in [0.3, 0.4) is 0 Å². The Morgan fingerprint density at radius 3 is 2.62 bits per heavy atom. The molecule has 1 rings (SSSR count). The third-order valence-electron chi connectivity index (χ3n) is 1.63. The standard InChI is InChI=1S/C6H13NS/c1-5-2-3-6(8)4-7-5/h5-8H,2-4H2,1H3/t5-,6-/m0/s1. The number of hydrogen-bond donors (Lipinski definition) is 2. The Morgan fingerprint density at radius 1 is 1.50 bits per heavy atom. The molecule has 1 N–H and O–H groups in total. The minimum atomic E-state index is 0.603. The summed E-state index contributed by atoms with van der Waals surface area (Å²) in [4.78, 5) is 0. The van der Waals surface area contributed by atoms with E-state index in [9.17, 15) is 0 Å². The molecule has 2 atom stereocenters. The van der Waals surface area contributed by atoms with Crippen LogP contribution in [0.15, 0.2) is 0 Å². The van der Waals surface area contributed by atoms with E-state index in [0.717, 1.165) is 12.6 Å². The molecule has 8 heavy (non-hydrogen) atoms. The van der Waals surface area contributed by atoms with Crippen LogP contribution in [0.5, 0.6) is 0 Å². The average Bonchev–Trinajstić information content (AvgIpc) is 1.77. The van der Waals surface area contributed by atoms with E-state index in [-0.39, 0.29) is 0 Å². The Bertz CT molecular complexity index is 56.9. The van der Waals surface area contributed by atoms with Crippen molar-refractivity contribution in [2.45, 2.75) is 31.1 Å². The van der Waals surface area contributed by atoms with Gasteiger partial charge in [-0.1, -0.05) is 0 Å². The van der Waals surface area contributed by atoms with Gasteiger partial charge in [0, 0.05) is 17.8 Å². The molecule has 0 aromatic carbocycles. The molecule has 1 fully saturated rings. The molecule has 0 saturated carbocycles. The molecular weight excluding hydrogens is 118 g/mol. The summed E-state index contributed by atoms with van der Waals surface area (Å²) in [5.41, 5.74) is 0. The third kappa shape index (κ3) is 1.67. The molecule has 1 aliphatic rings. The first-order valence-electron chi connectivity index (χ1n) is 3.20. The molecule has 48 valence electrons. The zero-order valence-electron chi connectivity index (χ0n) is 5.22. The number of rotatable bonds is 0. The van der Waals surface area contributed by atoms with Gasteiger partial charge in [0.25, 0.3) is 0 Å². The minimum Gasteiger partial charge on any atom is -0.313 e. The molecule has 0 aromatic heterocycles. The normalized spacial score (nSPS) is 39.8. The molecule has 1 nitrogen and oxygen atoms in total. The Balaban J connectivity index is 2.19. The van der Waals surface area contributed by atoms with E-state index in [2.05, 4.69) is 24.9 Å². The second-order valence-electron chi connectivity index (χ2n) is 2.54. The molecular formula is C6H13NS. The van der Waals surface area contributed by atoms with Gasteiger partial charge in [0.2, 0.25) is 0 Å². The summed E-state index contributed by atoms with van der Waals surface area (Å²) in [6.45, 7) is 3.31. The van der Waals surface area contributed by atoms with Crippen LogP contribution in [-0.2, 0) is 0 Å². The summed E-state index contributed by atoms with van der Waals surface area (Å²) in [5, 5.41) is 3.96. The van der Waals surface area contributed by atoms with E-state index in [1.165, 1.54) is 12.8 Å². The van der Waals surface area contributed by atoms with E-state index in [0.29, 0.717) is 5.25 Å². The van der Waals surface area contributed by atoms with Gasteiger partial charge in [0.1, 0.15) is 0 Å². The molecule has 1 aliphatic heterocycles. The van der Waals surface area contributed by atoms with Gasteiger partial charge in [-0.15, -0.1) is 0 Å². The van der Waals surface area contributed by atoms with Crippen molar-refractivity contribution in [1.82, 2.24) is 5.32 Å². The smallest absolute Gasteiger partial charge is 0.0142 e. The number of hydrogen-bond acceptors (Lipinski definition) is 2. The summed E-state index contributed by atoms with van der Waals surface area (Å²) in [6.07, 6.45) is 2.56. The lowest BCUT2D eigenvalue weighted by Crippen LogP contribution is -2.37. The van der Waals surface area contributed by atoms with Crippen molar-refractivity contribution in [3.63, 3.8) is 0 Å². The molecule has 1 heterocycles. The minimum absolute atomic E-state index is 0.603. The molecule has 0 aromatic rings. The summed E-state index contributed by atoms with van der Waals surface area (Å²) in [7, 11) is 0. The summed E-state index contributed by atoms with van der Waals surface area (Å²) < 4.78 is 0. The van der Waals surface area contributed by atoms with E-state index in [1.54, 1.807) is 0 Å². The first-order valence-corrected chi connectivity index (χ1v) is 3.72. The van der Waals surface area contributed by atoms with Crippen molar-refractivity contribution < 1.29 is 0 Å². The van der Waals surface area contributed by atoms with E-state index < -0.39 is 0 Å². The fourth-order valence-corrected chi connectivity index (χ4v) is 1.24. The van der Waals surface area contributed by atoms with Crippen molar-refractivity contribution >= 4 is 12.6 Å². The molecule has 2 heteroatoms. The van der Waals surface area contributed by atoms with Crippen LogP contribution in [0, 0.1) is 0 Å². The number of nitrogens with one attached hydrogen (secondary N) is 1. The van der Waals surface area contributed by atoms with Crippen molar-refractivity contribution in [2.24, 2.45) is 0 Å². The van der Waals surface area contributed by atoms with Crippen LogP contribution in [-0.4, -0.2) is 17.8 Å². The maximum Gasteiger partial charge on any atom is 0.0142 e. The second kappa shape index (κ2) is 2.74. The summed E-state index contributed by atoms with van der Waals surface area (Å²) >= 11 is 4.34. The van der Waals surface area contributed by atoms with Crippen molar-refractivity contribution in [3.05, 3.63) is 0 Å². The van der Waals surface area contributed by atoms with Crippen LogP contribution in [0.2, 0.25) is 0 Å². The zero-order chi connectivity index (χ0) is 5.98. The monoisotopic (exact) mass is 131 g/mol. The maximum atomic E-state index is 4.34. The third-order valence-corrected chi connectivity index (χ3v) is 2.08. The van der Waals surface area contributed by atoms with Crippen LogP contribution in [0.1, 0.15) is 19.8 Å². The van der Waals surface area contributed by atoms with Crippen LogP contribution in [0.25, 0.3) is 0 Å². The highest BCUT2D eigenvalue weighted by molar-refractivity contribution is 7.81. The van der Waals surface area contributed by atoms with Gasteiger partial charge in [-0.25, -0.2) is 0 Å². The van der Waals surface area contributed by atoms with Gasteiger partial charge in [0.05, 0.1) is 0 Å². The SMILES string of the molecule is C[C@H]1CC[C@H](S)CN1. The summed E-state index contributed by atoms with van der Waals surface area (Å²) in [6, 6.07) is 0.721. The van der Waals surface area contributed by atoms with Gasteiger partial charge in [-0.05, 0) is 19.8 Å². The van der Waals surface area contributed by atoms with Gasteiger partial charge >= 0.3 is 0 Å². The average molecular weight is 131 g/mol. The highest BCUT2D eigenvalue weighted by atomic mass is 32.1. The van der Waals surface area contributed by atoms with E-state index >= 15 is 0 Å². The van der Waals surface area contributed by atoms with Gasteiger partial charge in [0.15, 0.2) is 0 Å². The highest BCUT2D eigenvalue weighted by Crippen LogP contribution is 2.11. The maximum absolute atomic E-state index is 4.34. The quantitative estimate of drug-likeness (QED) is 0.468. The van der Waals surface area contributed by atoms with Crippen LogP contribution >= 0.6 is 12.6 Å². The number of thiol groups is 1. The summed E-state index contributed by atoms with van der Waals surface area (Å²) in [5.74, 6) is 0. The highest BCUT2D eigenvalue weighted by Gasteiger charge is 2.12. The van der Waals surface area contributed by atoms with Crippen LogP contribution in [0.4, 0.5) is 0 Å². The lowest BCUT2D eigenvalue weighted by atomic mass is 10.1. The van der Waals surface area contributed by atoms with Crippen LogP contribution < -0.4 is 5.32 Å². The molecule has 0 radical (unpaired) electrons. The lowest BCUT2D eigenvalue weighted by molar-refractivity contribution is 0.434. The Morgan fingerprint density at radius 2 is 2.25 bits per heavy atom. The zero-order valence-corrected chi connectivity index (χ0v) is 6.12. The van der Waals surface area contributed by atoms with Crippen molar-refractivity contribution in [2.75, 3.05) is 6.54 Å².